The van der Waals surface area contributed by atoms with Crippen LogP contribution in [-0.4, -0.2) is 45.2 Å². The highest BCUT2D eigenvalue weighted by Gasteiger charge is 2.32. The third kappa shape index (κ3) is 3.56. The molecule has 7 heteroatoms. The molecule has 2 unspecified atom stereocenters. The van der Waals surface area contributed by atoms with Gasteiger partial charge in [-0.25, -0.2) is 9.37 Å². The molecule has 0 bridgehead atoms. The van der Waals surface area contributed by atoms with E-state index in [0.717, 1.165) is 15.8 Å². The van der Waals surface area contributed by atoms with Crippen LogP contribution in [0.15, 0.2) is 54.6 Å². The molecule has 28 heavy (non-hydrogen) atoms. The molecule has 1 aromatic heterocycles. The average Bonchev–Trinajstić information content (AvgIpc) is 3.17. The zero-order chi connectivity index (χ0) is 19.7. The van der Waals surface area contributed by atoms with Crippen molar-refractivity contribution in [1.29, 1.82) is 0 Å². The summed E-state index contributed by atoms with van der Waals surface area (Å²) in [5.74, 6) is -0.851. The van der Waals surface area contributed by atoms with Crippen LogP contribution in [-0.2, 0) is 4.79 Å². The van der Waals surface area contributed by atoms with E-state index in [9.17, 15) is 19.4 Å². The van der Waals surface area contributed by atoms with Crippen molar-refractivity contribution < 1.29 is 19.4 Å². The lowest BCUT2D eigenvalue weighted by Gasteiger charge is -2.29. The molecule has 2 N–H and O–H groups in total. The van der Waals surface area contributed by atoms with Crippen LogP contribution in [0.3, 0.4) is 0 Å². The van der Waals surface area contributed by atoms with Crippen LogP contribution in [0, 0.1) is 5.82 Å². The number of halogens is 1. The lowest BCUT2D eigenvalue weighted by Crippen LogP contribution is -2.43. The van der Waals surface area contributed by atoms with E-state index >= 15 is 0 Å². The molecule has 0 fully saturated rings. The van der Waals surface area contributed by atoms with Crippen molar-refractivity contribution in [3.8, 4) is 0 Å². The largest absolute Gasteiger partial charge is 0.383 e. The number of carbonyl (C=O) groups is 1. The number of hydrogen-bond acceptors (Lipinski definition) is 5. The van der Waals surface area contributed by atoms with E-state index in [0.29, 0.717) is 23.5 Å². The van der Waals surface area contributed by atoms with E-state index < -0.39 is 18.1 Å². The predicted molar refractivity (Wildman–Crippen MR) is 106 cm³/mol. The Labute approximate surface area is 165 Å². The summed E-state index contributed by atoms with van der Waals surface area (Å²) in [7, 11) is 0. The molecule has 1 aliphatic heterocycles. The number of aliphatic hydroxyl groups is 2. The van der Waals surface area contributed by atoms with Crippen LogP contribution in [0.4, 0.5) is 4.39 Å². The maximum atomic E-state index is 13.9. The van der Waals surface area contributed by atoms with Gasteiger partial charge in [-0.05, 0) is 30.2 Å². The van der Waals surface area contributed by atoms with Crippen LogP contribution in [0.2, 0.25) is 0 Å². The first-order chi connectivity index (χ1) is 13.5. The van der Waals surface area contributed by atoms with Gasteiger partial charge in [0.15, 0.2) is 6.10 Å². The first kappa shape index (κ1) is 18.7. The number of hydrogen-bond donors (Lipinski definition) is 2. The smallest absolute Gasteiger partial charge is 0.254 e. The summed E-state index contributed by atoms with van der Waals surface area (Å²) in [6, 6.07) is 13.9. The third-order valence-electron chi connectivity index (χ3n) is 4.86. The topological polar surface area (TPSA) is 73.7 Å². The van der Waals surface area contributed by atoms with Crippen molar-refractivity contribution >= 4 is 33.0 Å². The van der Waals surface area contributed by atoms with Crippen molar-refractivity contribution in [2.75, 3.05) is 13.1 Å². The van der Waals surface area contributed by atoms with Crippen LogP contribution >= 0.6 is 11.3 Å². The van der Waals surface area contributed by atoms with Gasteiger partial charge in [0.1, 0.15) is 16.9 Å². The normalized spacial score (nSPS) is 16.7. The minimum absolute atomic E-state index is 0.256. The number of aliphatic hydroxyl groups excluding tert-OH is 2. The van der Waals surface area contributed by atoms with Gasteiger partial charge < -0.3 is 15.1 Å². The minimum Gasteiger partial charge on any atom is -0.383 e. The minimum atomic E-state index is -1.59. The van der Waals surface area contributed by atoms with Crippen molar-refractivity contribution in [3.63, 3.8) is 0 Å². The zero-order valence-electron chi connectivity index (χ0n) is 15.0. The molecule has 0 saturated carbocycles. The molecule has 0 aliphatic carbocycles. The van der Waals surface area contributed by atoms with Gasteiger partial charge in [-0.2, -0.15) is 0 Å². The Balaban J connectivity index is 1.46. The van der Waals surface area contributed by atoms with Gasteiger partial charge in [0.05, 0.1) is 10.2 Å². The predicted octanol–water partition coefficient (Wildman–Crippen LogP) is 3.15. The summed E-state index contributed by atoms with van der Waals surface area (Å²) in [4.78, 5) is 18.4. The Morgan fingerprint density at radius 1 is 1.14 bits per heavy atom. The second-order valence-electron chi connectivity index (χ2n) is 6.65. The second-order valence-corrected chi connectivity index (χ2v) is 7.72. The SMILES string of the molecule is O=C(C(O)C(O)c1nc2ccccc2s1)N1CC=C(c2ccccc2F)CC1. The fourth-order valence-electron chi connectivity index (χ4n) is 3.31. The summed E-state index contributed by atoms with van der Waals surface area (Å²) < 4.78 is 14.8. The van der Waals surface area contributed by atoms with E-state index in [4.69, 9.17) is 0 Å². The van der Waals surface area contributed by atoms with E-state index in [1.807, 2.05) is 24.3 Å². The summed E-state index contributed by atoms with van der Waals surface area (Å²) in [5, 5.41) is 21.1. The molecule has 0 radical (unpaired) electrons. The van der Waals surface area contributed by atoms with Crippen molar-refractivity contribution in [2.45, 2.75) is 18.6 Å². The average molecular weight is 398 g/mol. The van der Waals surface area contributed by atoms with Gasteiger partial charge in [-0.3, -0.25) is 4.79 Å². The Hall–Kier alpha value is -2.61. The molecule has 1 amide bonds. The third-order valence-corrected chi connectivity index (χ3v) is 5.96. The fraction of sp³-hybridized carbons (Fsp3) is 0.238. The van der Waals surface area contributed by atoms with E-state index in [2.05, 4.69) is 4.98 Å². The molecule has 2 atom stereocenters. The molecule has 5 nitrogen and oxygen atoms in total. The highest BCUT2D eigenvalue weighted by Crippen LogP contribution is 2.29. The molecular weight excluding hydrogens is 379 g/mol. The van der Waals surface area contributed by atoms with Gasteiger partial charge in [-0.1, -0.05) is 36.4 Å². The van der Waals surface area contributed by atoms with Crippen LogP contribution < -0.4 is 0 Å². The molecule has 0 saturated heterocycles. The second kappa shape index (κ2) is 7.79. The number of para-hydroxylation sites is 1. The Morgan fingerprint density at radius 2 is 1.89 bits per heavy atom. The Bertz CT molecular complexity index is 1020. The quantitative estimate of drug-likeness (QED) is 0.708. The lowest BCUT2D eigenvalue weighted by molar-refractivity contribution is -0.146. The van der Waals surface area contributed by atoms with Gasteiger partial charge >= 0.3 is 0 Å². The van der Waals surface area contributed by atoms with E-state index in [1.54, 1.807) is 24.3 Å². The van der Waals surface area contributed by atoms with Gasteiger partial charge in [0, 0.05) is 18.7 Å². The number of amides is 1. The number of benzene rings is 2. The molecule has 1 aliphatic rings. The standard InChI is InChI=1S/C21H19FN2O3S/c22-15-6-2-1-5-14(15)13-9-11-24(12-10-13)21(27)19(26)18(25)20-23-16-7-3-4-8-17(16)28-20/h1-9,18-19,25-26H,10-12H2. The Kier molecular flexibility index (Phi) is 5.21. The number of rotatable bonds is 4. The summed E-state index contributed by atoms with van der Waals surface area (Å²) in [5.41, 5.74) is 2.09. The van der Waals surface area contributed by atoms with Gasteiger partial charge in [0.25, 0.3) is 5.91 Å². The zero-order valence-corrected chi connectivity index (χ0v) is 15.8. The number of nitrogens with zero attached hydrogens (tertiary/aromatic N) is 2. The summed E-state index contributed by atoms with van der Waals surface area (Å²) in [6.07, 6.45) is -0.710. The molecular formula is C21H19FN2O3S. The lowest BCUT2D eigenvalue weighted by atomic mass is 9.98. The first-order valence-corrected chi connectivity index (χ1v) is 9.80. The maximum Gasteiger partial charge on any atom is 0.254 e. The van der Waals surface area contributed by atoms with Crippen molar-refractivity contribution in [2.24, 2.45) is 0 Å². The number of carbonyl (C=O) groups excluding carboxylic acids is 1. The Morgan fingerprint density at radius 3 is 2.61 bits per heavy atom. The fourth-order valence-corrected chi connectivity index (χ4v) is 4.29. The van der Waals surface area contributed by atoms with Gasteiger partial charge in [-0.15, -0.1) is 11.3 Å². The van der Waals surface area contributed by atoms with Crippen molar-refractivity contribution in [3.05, 3.63) is 71.0 Å². The molecule has 0 spiro atoms. The van der Waals surface area contributed by atoms with Crippen LogP contribution in [0.25, 0.3) is 15.8 Å². The van der Waals surface area contributed by atoms with Crippen molar-refractivity contribution in [1.82, 2.24) is 9.88 Å². The summed E-state index contributed by atoms with van der Waals surface area (Å²) >= 11 is 1.25. The van der Waals surface area contributed by atoms with Crippen LogP contribution in [0.1, 0.15) is 23.1 Å². The first-order valence-electron chi connectivity index (χ1n) is 8.99. The van der Waals surface area contributed by atoms with E-state index in [-0.39, 0.29) is 12.4 Å². The van der Waals surface area contributed by atoms with Gasteiger partial charge in [0.2, 0.25) is 0 Å². The van der Waals surface area contributed by atoms with Crippen LogP contribution in [0.5, 0.6) is 0 Å². The molecule has 2 aromatic carbocycles. The monoisotopic (exact) mass is 398 g/mol. The molecule has 144 valence electrons. The molecule has 4 rings (SSSR count). The number of thiazole rings is 1. The highest BCUT2D eigenvalue weighted by molar-refractivity contribution is 7.18. The molecule has 3 aromatic rings. The highest BCUT2D eigenvalue weighted by atomic mass is 32.1. The summed E-state index contributed by atoms with van der Waals surface area (Å²) in [6.45, 7) is 0.606. The number of fused-ring (bicyclic) bond motifs is 1. The molecule has 2 heterocycles. The maximum absolute atomic E-state index is 13.9. The number of aromatic nitrogens is 1. The van der Waals surface area contributed by atoms with E-state index in [1.165, 1.54) is 22.3 Å².